The molecule has 0 fully saturated rings. The monoisotopic (exact) mass is 321 g/mol. The fraction of sp³-hybridized carbons (Fsp3) is 0.571. The topological polar surface area (TPSA) is 29.1 Å². The lowest BCUT2D eigenvalue weighted by molar-refractivity contribution is 0.509. The predicted molar refractivity (Wildman–Crippen MR) is 84.7 cm³/mol. The molecular weight excluding hydrogens is 301 g/mol. The summed E-state index contributed by atoms with van der Waals surface area (Å²) in [6.07, 6.45) is 3.03. The van der Waals surface area contributed by atoms with Crippen molar-refractivity contribution in [2.75, 3.05) is 12.3 Å². The molecule has 5 heteroatoms. The number of nitrogens with one attached hydrogen (secondary N) is 1. The number of hydrogen-bond donors (Lipinski definition) is 1. The Morgan fingerprint density at radius 3 is 2.53 bits per heavy atom. The highest BCUT2D eigenvalue weighted by Crippen LogP contribution is 2.28. The molecule has 0 saturated heterocycles. The van der Waals surface area contributed by atoms with Gasteiger partial charge in [-0.2, -0.15) is 0 Å². The first-order valence-electron chi connectivity index (χ1n) is 6.62. The molecule has 1 N–H and O–H groups in total. The molecule has 108 valence electrons. The molecule has 19 heavy (non-hydrogen) atoms. The second kappa shape index (κ2) is 8.96. The van der Waals surface area contributed by atoms with E-state index in [2.05, 4.69) is 19.2 Å². The molecule has 0 spiro atoms. The maximum Gasteiger partial charge on any atom is 0.0760 e. The highest BCUT2D eigenvalue weighted by molar-refractivity contribution is 7.85. The van der Waals surface area contributed by atoms with E-state index in [-0.39, 0.29) is 0 Å². The Hall–Kier alpha value is -0.0900. The Kier molecular flexibility index (Phi) is 8.00. The number of hydrogen-bond acceptors (Lipinski definition) is 2. The van der Waals surface area contributed by atoms with Crippen LogP contribution in [0, 0.1) is 0 Å². The average molecular weight is 322 g/mol. The van der Waals surface area contributed by atoms with Gasteiger partial charge in [0.15, 0.2) is 0 Å². The van der Waals surface area contributed by atoms with Crippen LogP contribution < -0.4 is 5.32 Å². The Labute approximate surface area is 128 Å². The fourth-order valence-electron chi connectivity index (χ4n) is 1.82. The van der Waals surface area contributed by atoms with Crippen molar-refractivity contribution in [2.45, 2.75) is 44.0 Å². The van der Waals surface area contributed by atoms with Crippen LogP contribution in [-0.2, 0) is 10.8 Å². The van der Waals surface area contributed by atoms with E-state index in [0.29, 0.717) is 26.7 Å². The Bertz CT molecular complexity index is 406. The van der Waals surface area contributed by atoms with Gasteiger partial charge in [-0.25, -0.2) is 0 Å². The molecule has 0 radical (unpaired) electrons. The SMILES string of the molecule is CCCNC(C)CCCS(=O)c1c(Cl)cccc1Cl. The van der Waals surface area contributed by atoms with Crippen LogP contribution in [0.2, 0.25) is 10.0 Å². The molecule has 1 rings (SSSR count). The standard InChI is InChI=1S/C14H21Cl2NOS/c1-3-9-17-11(2)6-5-10-19(18)14-12(15)7-4-8-13(14)16/h4,7-8,11,17H,3,5-6,9-10H2,1-2H3. The third kappa shape index (κ3) is 5.82. The largest absolute Gasteiger partial charge is 0.314 e. The van der Waals surface area contributed by atoms with E-state index in [9.17, 15) is 4.21 Å². The van der Waals surface area contributed by atoms with Gasteiger partial charge in [0, 0.05) is 11.8 Å². The van der Waals surface area contributed by atoms with Crippen LogP contribution in [0.5, 0.6) is 0 Å². The van der Waals surface area contributed by atoms with Crippen molar-refractivity contribution in [1.29, 1.82) is 0 Å². The van der Waals surface area contributed by atoms with Crippen LogP contribution in [0.1, 0.15) is 33.1 Å². The van der Waals surface area contributed by atoms with Crippen molar-refractivity contribution < 1.29 is 4.21 Å². The van der Waals surface area contributed by atoms with Crippen molar-refractivity contribution in [3.63, 3.8) is 0 Å². The van der Waals surface area contributed by atoms with Gasteiger partial charge in [-0.15, -0.1) is 0 Å². The first-order chi connectivity index (χ1) is 9.06. The lowest BCUT2D eigenvalue weighted by atomic mass is 10.2. The van der Waals surface area contributed by atoms with E-state index in [4.69, 9.17) is 23.2 Å². The quantitative estimate of drug-likeness (QED) is 0.774. The molecule has 2 unspecified atom stereocenters. The van der Waals surface area contributed by atoms with Gasteiger partial charge in [-0.3, -0.25) is 4.21 Å². The van der Waals surface area contributed by atoms with Crippen molar-refractivity contribution in [3.8, 4) is 0 Å². The minimum Gasteiger partial charge on any atom is -0.314 e. The maximum absolute atomic E-state index is 12.2. The van der Waals surface area contributed by atoms with Crippen LogP contribution in [0.4, 0.5) is 0 Å². The molecule has 0 aliphatic rings. The van der Waals surface area contributed by atoms with Gasteiger partial charge in [-0.1, -0.05) is 36.2 Å². The highest BCUT2D eigenvalue weighted by Gasteiger charge is 2.13. The molecule has 2 atom stereocenters. The summed E-state index contributed by atoms with van der Waals surface area (Å²) in [5.74, 6) is 0.599. The van der Waals surface area contributed by atoms with Crippen LogP contribution >= 0.6 is 23.2 Å². The first-order valence-corrected chi connectivity index (χ1v) is 8.69. The van der Waals surface area contributed by atoms with E-state index in [1.807, 2.05) is 0 Å². The summed E-state index contributed by atoms with van der Waals surface area (Å²) in [5.41, 5.74) is 0. The van der Waals surface area contributed by atoms with Gasteiger partial charge in [0.2, 0.25) is 0 Å². The second-order valence-electron chi connectivity index (χ2n) is 4.60. The van der Waals surface area contributed by atoms with Crippen molar-refractivity contribution >= 4 is 34.0 Å². The zero-order chi connectivity index (χ0) is 14.3. The Morgan fingerprint density at radius 1 is 1.32 bits per heavy atom. The van der Waals surface area contributed by atoms with E-state index in [1.165, 1.54) is 0 Å². The zero-order valence-electron chi connectivity index (χ0n) is 11.4. The van der Waals surface area contributed by atoms with Gasteiger partial charge in [0.25, 0.3) is 0 Å². The third-order valence-corrected chi connectivity index (χ3v) is 5.26. The van der Waals surface area contributed by atoms with Crippen molar-refractivity contribution in [3.05, 3.63) is 28.2 Å². The van der Waals surface area contributed by atoms with Gasteiger partial charge < -0.3 is 5.32 Å². The van der Waals surface area contributed by atoms with Crippen LogP contribution in [0.25, 0.3) is 0 Å². The molecule has 0 aliphatic carbocycles. The summed E-state index contributed by atoms with van der Waals surface area (Å²) in [5, 5.41) is 4.40. The first kappa shape index (κ1) is 17.0. The minimum absolute atomic E-state index is 0.457. The van der Waals surface area contributed by atoms with Crippen LogP contribution in [0.15, 0.2) is 23.1 Å². The Balaban J connectivity index is 2.44. The van der Waals surface area contributed by atoms with E-state index in [0.717, 1.165) is 25.8 Å². The van der Waals surface area contributed by atoms with E-state index < -0.39 is 10.8 Å². The molecule has 0 heterocycles. The summed E-state index contributed by atoms with van der Waals surface area (Å²) < 4.78 is 12.2. The van der Waals surface area contributed by atoms with Gasteiger partial charge in [-0.05, 0) is 44.9 Å². The molecule has 0 bridgehead atoms. The molecule has 0 saturated carbocycles. The predicted octanol–water partition coefficient (Wildman–Crippen LogP) is 4.27. The molecular formula is C14H21Cl2NOS. The average Bonchev–Trinajstić information content (AvgIpc) is 2.36. The summed E-state index contributed by atoms with van der Waals surface area (Å²) in [6, 6.07) is 5.68. The highest BCUT2D eigenvalue weighted by atomic mass is 35.5. The number of halogens is 2. The molecule has 0 aliphatic heterocycles. The molecule has 0 aromatic heterocycles. The number of rotatable bonds is 8. The number of benzene rings is 1. The summed E-state index contributed by atoms with van der Waals surface area (Å²) in [6.45, 7) is 5.33. The van der Waals surface area contributed by atoms with Gasteiger partial charge in [0.1, 0.15) is 0 Å². The fourth-order valence-corrected chi connectivity index (χ4v) is 3.93. The van der Waals surface area contributed by atoms with Gasteiger partial charge in [0.05, 0.1) is 25.7 Å². The maximum atomic E-state index is 12.2. The lowest BCUT2D eigenvalue weighted by Crippen LogP contribution is -2.26. The minimum atomic E-state index is -1.12. The zero-order valence-corrected chi connectivity index (χ0v) is 13.7. The third-order valence-electron chi connectivity index (χ3n) is 2.86. The summed E-state index contributed by atoms with van der Waals surface area (Å²) >= 11 is 12.1. The van der Waals surface area contributed by atoms with Crippen LogP contribution in [-0.4, -0.2) is 22.5 Å². The van der Waals surface area contributed by atoms with E-state index >= 15 is 0 Å². The molecule has 0 amide bonds. The van der Waals surface area contributed by atoms with E-state index in [1.54, 1.807) is 18.2 Å². The lowest BCUT2D eigenvalue weighted by Gasteiger charge is -2.13. The summed E-state index contributed by atoms with van der Waals surface area (Å²) in [7, 11) is -1.12. The normalized spacial score (nSPS) is 14.3. The van der Waals surface area contributed by atoms with Gasteiger partial charge >= 0.3 is 0 Å². The smallest absolute Gasteiger partial charge is 0.0760 e. The Morgan fingerprint density at radius 2 is 1.95 bits per heavy atom. The molecule has 2 nitrogen and oxygen atoms in total. The molecule has 1 aromatic rings. The molecule has 1 aromatic carbocycles. The van der Waals surface area contributed by atoms with Crippen LogP contribution in [0.3, 0.4) is 0 Å². The van der Waals surface area contributed by atoms with Crippen molar-refractivity contribution in [1.82, 2.24) is 5.32 Å². The summed E-state index contributed by atoms with van der Waals surface area (Å²) in [4.78, 5) is 0.569. The van der Waals surface area contributed by atoms with Crippen molar-refractivity contribution in [2.24, 2.45) is 0 Å². The second-order valence-corrected chi connectivity index (χ2v) is 6.92.